The van der Waals surface area contributed by atoms with Gasteiger partial charge in [-0.15, -0.1) is 0 Å². The Morgan fingerprint density at radius 1 is 1.26 bits per heavy atom. The minimum atomic E-state index is -3.90. The maximum atomic E-state index is 12.9. The van der Waals surface area contributed by atoms with E-state index >= 15 is 0 Å². The van der Waals surface area contributed by atoms with Crippen molar-refractivity contribution in [1.29, 1.82) is 0 Å². The molecule has 1 N–H and O–H groups in total. The molecule has 0 spiro atoms. The fourth-order valence-corrected chi connectivity index (χ4v) is 4.16. The molecular formula is C16H22FNO4S. The molecule has 0 aliphatic heterocycles. The molecule has 0 heterocycles. The summed E-state index contributed by atoms with van der Waals surface area (Å²) in [5.41, 5.74) is 0. The molecule has 1 saturated carbocycles. The number of halogens is 1. The van der Waals surface area contributed by atoms with Gasteiger partial charge in [-0.3, -0.25) is 4.79 Å². The first kappa shape index (κ1) is 17.9. The van der Waals surface area contributed by atoms with Crippen molar-refractivity contribution in [2.45, 2.75) is 49.5 Å². The molecule has 1 atom stereocenters. The Balaban J connectivity index is 2.12. The van der Waals surface area contributed by atoms with Crippen molar-refractivity contribution in [1.82, 2.24) is 4.72 Å². The summed E-state index contributed by atoms with van der Waals surface area (Å²) < 4.78 is 44.8. The molecule has 1 aliphatic rings. The number of rotatable bonds is 6. The summed E-state index contributed by atoms with van der Waals surface area (Å²) >= 11 is 0. The van der Waals surface area contributed by atoms with Crippen LogP contribution in [0.1, 0.15) is 38.5 Å². The number of nitrogens with one attached hydrogen (secondary N) is 1. The monoisotopic (exact) mass is 343 g/mol. The number of benzene rings is 1. The average Bonchev–Trinajstić information content (AvgIpc) is 2.54. The normalized spacial score (nSPS) is 17.7. The summed E-state index contributed by atoms with van der Waals surface area (Å²) in [5, 5.41) is 0. The first-order valence-corrected chi connectivity index (χ1v) is 9.26. The quantitative estimate of drug-likeness (QED) is 0.806. The smallest absolute Gasteiger partial charge is 0.323 e. The van der Waals surface area contributed by atoms with Crippen LogP contribution in [0.5, 0.6) is 0 Å². The van der Waals surface area contributed by atoms with Crippen molar-refractivity contribution < 1.29 is 22.3 Å². The SMILES string of the molecule is COC(=O)C(CC1CCCCC1)NS(=O)(=O)c1ccc(F)cc1. The predicted octanol–water partition coefficient (Wildman–Crippen LogP) is 2.62. The highest BCUT2D eigenvalue weighted by atomic mass is 32.2. The number of ether oxygens (including phenoxy) is 1. The Morgan fingerprint density at radius 2 is 1.87 bits per heavy atom. The van der Waals surface area contributed by atoms with Gasteiger partial charge < -0.3 is 4.74 Å². The van der Waals surface area contributed by atoms with Crippen LogP contribution >= 0.6 is 0 Å². The summed E-state index contributed by atoms with van der Waals surface area (Å²) in [4.78, 5) is 11.9. The van der Waals surface area contributed by atoms with Gasteiger partial charge in [0.15, 0.2) is 0 Å². The number of hydrogen-bond donors (Lipinski definition) is 1. The lowest BCUT2D eigenvalue weighted by atomic mass is 9.85. The van der Waals surface area contributed by atoms with Gasteiger partial charge in [0.1, 0.15) is 11.9 Å². The molecule has 5 nitrogen and oxygen atoms in total. The zero-order valence-electron chi connectivity index (χ0n) is 13.1. The van der Waals surface area contributed by atoms with Crippen molar-refractivity contribution in [2.75, 3.05) is 7.11 Å². The van der Waals surface area contributed by atoms with Crippen molar-refractivity contribution in [3.05, 3.63) is 30.1 Å². The van der Waals surface area contributed by atoms with Crippen LogP contribution < -0.4 is 4.72 Å². The third-order valence-electron chi connectivity index (χ3n) is 4.20. The fourth-order valence-electron chi connectivity index (χ4n) is 2.96. The van der Waals surface area contributed by atoms with Crippen LogP contribution in [-0.2, 0) is 19.6 Å². The van der Waals surface area contributed by atoms with Crippen LogP contribution in [0.4, 0.5) is 4.39 Å². The molecule has 0 radical (unpaired) electrons. The molecule has 0 saturated heterocycles. The summed E-state index contributed by atoms with van der Waals surface area (Å²) in [6.45, 7) is 0. The van der Waals surface area contributed by atoms with Gasteiger partial charge in [-0.1, -0.05) is 32.1 Å². The third kappa shape index (κ3) is 5.00. The van der Waals surface area contributed by atoms with Crippen molar-refractivity contribution in [3.8, 4) is 0 Å². The van der Waals surface area contributed by atoms with E-state index in [9.17, 15) is 17.6 Å². The molecule has 1 unspecified atom stereocenters. The first-order valence-electron chi connectivity index (χ1n) is 7.78. The van der Waals surface area contributed by atoms with Crippen LogP contribution in [0.2, 0.25) is 0 Å². The molecule has 128 valence electrons. The number of methoxy groups -OCH3 is 1. The predicted molar refractivity (Wildman–Crippen MR) is 83.7 cm³/mol. The van der Waals surface area contributed by atoms with E-state index in [1.807, 2.05) is 0 Å². The Kier molecular flexibility index (Phi) is 6.12. The highest BCUT2D eigenvalue weighted by molar-refractivity contribution is 7.89. The summed E-state index contributed by atoms with van der Waals surface area (Å²) in [6.07, 6.45) is 5.79. The lowest BCUT2D eigenvalue weighted by Crippen LogP contribution is -2.42. The molecule has 2 rings (SSSR count). The van der Waals surface area contributed by atoms with Gasteiger partial charge in [0.05, 0.1) is 12.0 Å². The van der Waals surface area contributed by atoms with Gasteiger partial charge in [0.25, 0.3) is 0 Å². The van der Waals surface area contributed by atoms with Gasteiger partial charge in [-0.25, -0.2) is 12.8 Å². The van der Waals surface area contributed by atoms with Crippen LogP contribution in [0, 0.1) is 11.7 Å². The van der Waals surface area contributed by atoms with Crippen LogP contribution in [0.3, 0.4) is 0 Å². The highest BCUT2D eigenvalue weighted by Gasteiger charge is 2.29. The number of hydrogen-bond acceptors (Lipinski definition) is 4. The first-order chi connectivity index (χ1) is 10.9. The minimum Gasteiger partial charge on any atom is -0.468 e. The number of carbonyl (C=O) groups is 1. The molecule has 7 heteroatoms. The molecular weight excluding hydrogens is 321 g/mol. The number of esters is 1. The van der Waals surface area contributed by atoms with E-state index in [2.05, 4.69) is 4.72 Å². The minimum absolute atomic E-state index is 0.0727. The standard InChI is InChI=1S/C16H22FNO4S/c1-22-16(19)15(11-12-5-3-2-4-6-12)18-23(20,21)14-9-7-13(17)8-10-14/h7-10,12,15,18H,2-6,11H2,1H3. The molecule has 0 aromatic heterocycles. The zero-order chi connectivity index (χ0) is 16.9. The van der Waals surface area contributed by atoms with Gasteiger partial charge in [-0.05, 0) is 36.6 Å². The molecule has 23 heavy (non-hydrogen) atoms. The molecule has 1 aliphatic carbocycles. The van der Waals surface area contributed by atoms with E-state index in [1.54, 1.807) is 0 Å². The summed E-state index contributed by atoms with van der Waals surface area (Å²) in [6, 6.07) is 3.57. The lowest BCUT2D eigenvalue weighted by Gasteiger charge is -2.25. The molecule has 1 fully saturated rings. The third-order valence-corrected chi connectivity index (χ3v) is 5.69. The van der Waals surface area contributed by atoms with E-state index in [0.29, 0.717) is 12.3 Å². The Bertz CT molecular complexity index is 624. The van der Waals surface area contributed by atoms with Gasteiger partial charge >= 0.3 is 5.97 Å². The van der Waals surface area contributed by atoms with Crippen molar-refractivity contribution in [2.24, 2.45) is 5.92 Å². The second-order valence-electron chi connectivity index (χ2n) is 5.89. The number of sulfonamides is 1. The lowest BCUT2D eigenvalue weighted by molar-refractivity contribution is -0.143. The molecule has 0 bridgehead atoms. The fraction of sp³-hybridized carbons (Fsp3) is 0.562. The number of carbonyl (C=O) groups excluding carboxylic acids is 1. The largest absolute Gasteiger partial charge is 0.468 e. The molecule has 0 amide bonds. The average molecular weight is 343 g/mol. The highest BCUT2D eigenvalue weighted by Crippen LogP contribution is 2.28. The van der Waals surface area contributed by atoms with E-state index < -0.39 is 27.9 Å². The molecule has 1 aromatic carbocycles. The Labute approximate surface area is 136 Å². The maximum Gasteiger partial charge on any atom is 0.323 e. The maximum absolute atomic E-state index is 12.9. The van der Waals surface area contributed by atoms with E-state index in [4.69, 9.17) is 4.74 Å². The van der Waals surface area contributed by atoms with E-state index in [-0.39, 0.29) is 4.90 Å². The Hall–Kier alpha value is -1.47. The Morgan fingerprint density at radius 3 is 2.43 bits per heavy atom. The second-order valence-corrected chi connectivity index (χ2v) is 7.60. The summed E-state index contributed by atoms with van der Waals surface area (Å²) in [7, 11) is -2.66. The van der Waals surface area contributed by atoms with Gasteiger partial charge in [0, 0.05) is 0 Å². The molecule has 1 aromatic rings. The second kappa shape index (κ2) is 7.88. The van der Waals surface area contributed by atoms with Crippen LogP contribution in [0.25, 0.3) is 0 Å². The van der Waals surface area contributed by atoms with Crippen molar-refractivity contribution >= 4 is 16.0 Å². The van der Waals surface area contributed by atoms with Crippen molar-refractivity contribution in [3.63, 3.8) is 0 Å². The van der Waals surface area contributed by atoms with E-state index in [0.717, 1.165) is 37.8 Å². The van der Waals surface area contributed by atoms with Gasteiger partial charge in [-0.2, -0.15) is 4.72 Å². The van der Waals surface area contributed by atoms with Crippen LogP contribution in [0.15, 0.2) is 29.2 Å². The topological polar surface area (TPSA) is 72.5 Å². The van der Waals surface area contributed by atoms with Gasteiger partial charge in [0.2, 0.25) is 10.0 Å². The van der Waals surface area contributed by atoms with E-state index in [1.165, 1.54) is 25.7 Å². The zero-order valence-corrected chi connectivity index (χ0v) is 13.9. The summed E-state index contributed by atoms with van der Waals surface area (Å²) in [5.74, 6) is -0.805. The van der Waals surface area contributed by atoms with Crippen LogP contribution in [-0.4, -0.2) is 27.5 Å².